The van der Waals surface area contributed by atoms with Crippen molar-refractivity contribution in [2.75, 3.05) is 13.7 Å². The van der Waals surface area contributed by atoms with Crippen molar-refractivity contribution in [3.8, 4) is 5.75 Å². The summed E-state index contributed by atoms with van der Waals surface area (Å²) in [5, 5.41) is 4.35. The molecule has 0 bridgehead atoms. The monoisotopic (exact) mass is 239 g/mol. The molecule has 3 heteroatoms. The highest BCUT2D eigenvalue weighted by molar-refractivity contribution is 6.31. The van der Waals surface area contributed by atoms with Gasteiger partial charge >= 0.3 is 0 Å². The Balaban J connectivity index is 2.41. The molecule has 0 aliphatic heterocycles. The molecule has 2 rings (SSSR count). The first-order valence-electron chi connectivity index (χ1n) is 5.86. The smallest absolute Gasteiger partial charge is 0.120 e. The Kier molecular flexibility index (Phi) is 3.72. The fourth-order valence-corrected chi connectivity index (χ4v) is 2.73. The summed E-state index contributed by atoms with van der Waals surface area (Å²) in [6.45, 7) is 3.12. The van der Waals surface area contributed by atoms with Gasteiger partial charge in [0.05, 0.1) is 7.11 Å². The Labute approximate surface area is 102 Å². The maximum Gasteiger partial charge on any atom is 0.120 e. The lowest BCUT2D eigenvalue weighted by molar-refractivity contribution is 0.409. The van der Waals surface area contributed by atoms with Crippen molar-refractivity contribution in [1.29, 1.82) is 0 Å². The highest BCUT2D eigenvalue weighted by atomic mass is 35.5. The number of halogens is 1. The summed E-state index contributed by atoms with van der Waals surface area (Å²) in [5.74, 6) is 0.855. The molecule has 0 spiro atoms. The van der Waals surface area contributed by atoms with Crippen molar-refractivity contribution in [3.63, 3.8) is 0 Å². The molecule has 0 saturated carbocycles. The summed E-state index contributed by atoms with van der Waals surface area (Å²) >= 11 is 6.28. The van der Waals surface area contributed by atoms with Crippen LogP contribution in [0.5, 0.6) is 5.75 Å². The number of hydrogen-bond acceptors (Lipinski definition) is 2. The number of nitrogens with one attached hydrogen (secondary N) is 1. The van der Waals surface area contributed by atoms with Gasteiger partial charge in [0, 0.05) is 11.1 Å². The molecule has 1 aromatic rings. The van der Waals surface area contributed by atoms with Crippen LogP contribution in [-0.2, 0) is 6.42 Å². The van der Waals surface area contributed by atoms with E-state index in [1.807, 2.05) is 6.07 Å². The van der Waals surface area contributed by atoms with E-state index in [-0.39, 0.29) is 0 Å². The number of benzene rings is 1. The lowest BCUT2D eigenvalue weighted by Crippen LogP contribution is -2.25. The number of fused-ring (bicyclic) bond motifs is 1. The average molecular weight is 240 g/mol. The molecule has 0 amide bonds. The van der Waals surface area contributed by atoms with Crippen molar-refractivity contribution >= 4 is 11.6 Å². The van der Waals surface area contributed by atoms with Gasteiger partial charge in [-0.3, -0.25) is 0 Å². The van der Waals surface area contributed by atoms with Crippen LogP contribution in [0.25, 0.3) is 0 Å². The lowest BCUT2D eigenvalue weighted by Gasteiger charge is -2.27. The average Bonchev–Trinajstić information content (AvgIpc) is 2.30. The molecule has 2 nitrogen and oxygen atoms in total. The summed E-state index contributed by atoms with van der Waals surface area (Å²) in [4.78, 5) is 0. The number of ether oxygens (including phenoxy) is 1. The van der Waals surface area contributed by atoms with E-state index >= 15 is 0 Å². The van der Waals surface area contributed by atoms with E-state index in [1.165, 1.54) is 24.0 Å². The van der Waals surface area contributed by atoms with Gasteiger partial charge in [-0.1, -0.05) is 18.5 Å². The summed E-state index contributed by atoms with van der Waals surface area (Å²) in [6, 6.07) is 4.46. The van der Waals surface area contributed by atoms with Crippen molar-refractivity contribution in [1.82, 2.24) is 5.32 Å². The molecule has 0 radical (unpaired) electrons. The zero-order chi connectivity index (χ0) is 11.5. The Morgan fingerprint density at radius 2 is 2.31 bits per heavy atom. The predicted octanol–water partition coefficient (Wildman–Crippen LogP) is 3.34. The highest BCUT2D eigenvalue weighted by Gasteiger charge is 2.22. The third kappa shape index (κ3) is 2.18. The van der Waals surface area contributed by atoms with Crippen LogP contribution in [0, 0.1) is 0 Å². The summed E-state index contributed by atoms with van der Waals surface area (Å²) < 4.78 is 5.28. The Morgan fingerprint density at radius 3 is 3.00 bits per heavy atom. The molecule has 1 aliphatic carbocycles. The van der Waals surface area contributed by atoms with Crippen LogP contribution in [0.2, 0.25) is 5.02 Å². The second-order valence-corrected chi connectivity index (χ2v) is 4.59. The van der Waals surface area contributed by atoms with Crippen LogP contribution in [0.15, 0.2) is 12.1 Å². The van der Waals surface area contributed by atoms with Gasteiger partial charge in [0.15, 0.2) is 0 Å². The van der Waals surface area contributed by atoms with Crippen molar-refractivity contribution in [2.24, 2.45) is 0 Å². The molecule has 1 unspecified atom stereocenters. The van der Waals surface area contributed by atoms with Gasteiger partial charge in [0.25, 0.3) is 0 Å². The summed E-state index contributed by atoms with van der Waals surface area (Å²) in [5.41, 5.74) is 2.61. The van der Waals surface area contributed by atoms with E-state index in [1.54, 1.807) is 7.11 Å². The van der Waals surface area contributed by atoms with E-state index in [0.717, 1.165) is 23.7 Å². The molecule has 0 aromatic heterocycles. The van der Waals surface area contributed by atoms with Crippen LogP contribution >= 0.6 is 11.6 Å². The van der Waals surface area contributed by atoms with Gasteiger partial charge in [-0.25, -0.2) is 0 Å². The van der Waals surface area contributed by atoms with Crippen LogP contribution in [0.4, 0.5) is 0 Å². The Morgan fingerprint density at radius 1 is 1.50 bits per heavy atom. The van der Waals surface area contributed by atoms with Crippen molar-refractivity contribution in [3.05, 3.63) is 28.3 Å². The van der Waals surface area contributed by atoms with Crippen LogP contribution < -0.4 is 10.1 Å². The minimum absolute atomic E-state index is 0.432. The maximum absolute atomic E-state index is 6.28. The van der Waals surface area contributed by atoms with Gasteiger partial charge in [0.2, 0.25) is 0 Å². The van der Waals surface area contributed by atoms with Crippen LogP contribution in [-0.4, -0.2) is 13.7 Å². The molecule has 88 valence electrons. The molecule has 1 N–H and O–H groups in total. The number of rotatable bonds is 3. The zero-order valence-electron chi connectivity index (χ0n) is 9.85. The second kappa shape index (κ2) is 5.07. The van der Waals surface area contributed by atoms with Gasteiger partial charge in [0.1, 0.15) is 5.75 Å². The minimum atomic E-state index is 0.432. The van der Waals surface area contributed by atoms with E-state index in [4.69, 9.17) is 16.3 Å². The molecule has 1 aliphatic rings. The standard InChI is InChI=1S/C13H18ClNO/c1-3-15-13-6-4-5-10-11(13)7-9(16-2)8-12(10)14/h7-8,13,15H,3-6H2,1-2H3. The quantitative estimate of drug-likeness (QED) is 0.874. The molecule has 1 aromatic carbocycles. The molecular formula is C13H18ClNO. The SMILES string of the molecule is CCNC1CCCc2c(Cl)cc(OC)cc21. The molecule has 0 fully saturated rings. The summed E-state index contributed by atoms with van der Waals surface area (Å²) in [6.07, 6.45) is 3.47. The highest BCUT2D eigenvalue weighted by Crippen LogP contribution is 2.37. The van der Waals surface area contributed by atoms with Gasteiger partial charge < -0.3 is 10.1 Å². The largest absolute Gasteiger partial charge is 0.497 e. The third-order valence-electron chi connectivity index (χ3n) is 3.18. The number of hydrogen-bond donors (Lipinski definition) is 1. The van der Waals surface area contributed by atoms with E-state index in [2.05, 4.69) is 18.3 Å². The molecule has 16 heavy (non-hydrogen) atoms. The van der Waals surface area contributed by atoms with Gasteiger partial charge in [-0.2, -0.15) is 0 Å². The first-order chi connectivity index (χ1) is 7.76. The molecule has 0 heterocycles. The van der Waals surface area contributed by atoms with Crippen LogP contribution in [0.3, 0.4) is 0 Å². The van der Waals surface area contributed by atoms with Crippen LogP contribution in [0.1, 0.15) is 36.9 Å². The first-order valence-corrected chi connectivity index (χ1v) is 6.23. The fourth-order valence-electron chi connectivity index (χ4n) is 2.42. The van der Waals surface area contributed by atoms with E-state index in [0.29, 0.717) is 6.04 Å². The number of methoxy groups -OCH3 is 1. The van der Waals surface area contributed by atoms with Gasteiger partial charge in [-0.15, -0.1) is 0 Å². The summed E-state index contributed by atoms with van der Waals surface area (Å²) in [7, 11) is 1.68. The molecular weight excluding hydrogens is 222 g/mol. The van der Waals surface area contributed by atoms with Crippen molar-refractivity contribution in [2.45, 2.75) is 32.2 Å². The Hall–Kier alpha value is -0.730. The second-order valence-electron chi connectivity index (χ2n) is 4.18. The topological polar surface area (TPSA) is 21.3 Å². The van der Waals surface area contributed by atoms with Crippen molar-refractivity contribution < 1.29 is 4.74 Å². The maximum atomic E-state index is 6.28. The minimum Gasteiger partial charge on any atom is -0.497 e. The first kappa shape index (κ1) is 11.7. The lowest BCUT2D eigenvalue weighted by atomic mass is 9.87. The van der Waals surface area contributed by atoms with E-state index in [9.17, 15) is 0 Å². The molecule has 1 atom stereocenters. The zero-order valence-corrected chi connectivity index (χ0v) is 10.6. The van der Waals surface area contributed by atoms with Gasteiger partial charge in [-0.05, 0) is 49.1 Å². The normalized spacial score (nSPS) is 19.3. The predicted molar refractivity (Wildman–Crippen MR) is 67.4 cm³/mol. The third-order valence-corrected chi connectivity index (χ3v) is 3.52. The Bertz CT molecular complexity index is 378. The molecule has 0 saturated heterocycles. The van der Waals surface area contributed by atoms with E-state index < -0.39 is 0 Å². The fraction of sp³-hybridized carbons (Fsp3) is 0.538.